The number of nitrogens with zero attached hydrogens (tertiary/aromatic N) is 3. The van der Waals surface area contributed by atoms with Crippen LogP contribution in [0.5, 0.6) is 0 Å². The zero-order chi connectivity index (χ0) is 9.10. The third-order valence-electron chi connectivity index (χ3n) is 1.65. The molecule has 2 heterocycles. The van der Waals surface area contributed by atoms with Gasteiger partial charge in [-0.2, -0.15) is 4.98 Å². The Morgan fingerprint density at radius 3 is 3.15 bits per heavy atom. The third kappa shape index (κ3) is 1.95. The Kier molecular flexibility index (Phi) is 2.11. The van der Waals surface area contributed by atoms with E-state index in [9.17, 15) is 0 Å². The Balaban J connectivity index is 1.85. The fourth-order valence-electron chi connectivity index (χ4n) is 1.09. The minimum absolute atomic E-state index is 0.521. The van der Waals surface area contributed by atoms with Crippen molar-refractivity contribution >= 4 is 5.96 Å². The van der Waals surface area contributed by atoms with Gasteiger partial charge in [-0.25, -0.2) is 0 Å². The first-order valence-corrected chi connectivity index (χ1v) is 4.16. The molecule has 0 amide bonds. The summed E-state index contributed by atoms with van der Waals surface area (Å²) < 4.78 is 4.92. The number of hydrogen-bond acceptors (Lipinski definition) is 6. The third-order valence-corrected chi connectivity index (χ3v) is 1.65. The van der Waals surface area contributed by atoms with Crippen molar-refractivity contribution < 1.29 is 4.52 Å². The minimum Gasteiger partial charge on any atom is -0.355 e. The lowest BCUT2D eigenvalue weighted by atomic mass is 10.6. The Bertz CT molecular complexity index is 318. The van der Waals surface area contributed by atoms with E-state index in [0.717, 1.165) is 19.0 Å². The van der Waals surface area contributed by atoms with E-state index < -0.39 is 0 Å². The smallest absolute Gasteiger partial charge is 0.246 e. The molecule has 6 heteroatoms. The van der Waals surface area contributed by atoms with Crippen LogP contribution in [-0.2, 0) is 6.54 Å². The first kappa shape index (κ1) is 8.03. The summed E-state index contributed by atoms with van der Waals surface area (Å²) in [6.45, 7) is 4.03. The maximum absolute atomic E-state index is 4.92. The summed E-state index contributed by atoms with van der Waals surface area (Å²) in [6.07, 6.45) is 0. The maximum Gasteiger partial charge on any atom is 0.246 e. The number of guanidine groups is 1. The van der Waals surface area contributed by atoms with Gasteiger partial charge in [-0.15, -0.1) is 0 Å². The van der Waals surface area contributed by atoms with Crippen LogP contribution in [0, 0.1) is 6.92 Å². The molecule has 13 heavy (non-hydrogen) atoms. The molecule has 0 fully saturated rings. The molecule has 1 aromatic heterocycles. The van der Waals surface area contributed by atoms with E-state index in [1.807, 2.05) is 0 Å². The first-order valence-electron chi connectivity index (χ1n) is 4.16. The average molecular weight is 181 g/mol. The normalized spacial score (nSPS) is 15.3. The largest absolute Gasteiger partial charge is 0.355 e. The van der Waals surface area contributed by atoms with E-state index in [4.69, 9.17) is 4.52 Å². The van der Waals surface area contributed by atoms with Crippen molar-refractivity contribution in [1.82, 2.24) is 20.8 Å². The van der Waals surface area contributed by atoms with Gasteiger partial charge in [-0.1, -0.05) is 5.16 Å². The monoisotopic (exact) mass is 181 g/mol. The van der Waals surface area contributed by atoms with E-state index in [-0.39, 0.29) is 0 Å². The summed E-state index contributed by atoms with van der Waals surface area (Å²) in [5.41, 5.74) is 0. The molecule has 2 rings (SSSR count). The molecular formula is C7H11N5O. The van der Waals surface area contributed by atoms with E-state index in [2.05, 4.69) is 25.8 Å². The second-order valence-corrected chi connectivity index (χ2v) is 2.75. The van der Waals surface area contributed by atoms with Crippen LogP contribution >= 0.6 is 0 Å². The highest BCUT2D eigenvalue weighted by Crippen LogP contribution is 1.94. The molecule has 0 atom stereocenters. The van der Waals surface area contributed by atoms with Gasteiger partial charge in [-0.05, 0) is 6.92 Å². The number of aryl methyl sites for hydroxylation is 1. The summed E-state index contributed by atoms with van der Waals surface area (Å²) in [6, 6.07) is 0. The zero-order valence-electron chi connectivity index (χ0n) is 7.37. The van der Waals surface area contributed by atoms with E-state index >= 15 is 0 Å². The minimum atomic E-state index is 0.521. The molecule has 1 aliphatic heterocycles. The molecular weight excluding hydrogens is 170 g/mol. The van der Waals surface area contributed by atoms with Crippen molar-refractivity contribution in [2.75, 3.05) is 13.1 Å². The van der Waals surface area contributed by atoms with Gasteiger partial charge >= 0.3 is 0 Å². The van der Waals surface area contributed by atoms with Crippen LogP contribution in [0.1, 0.15) is 11.7 Å². The Morgan fingerprint density at radius 1 is 1.62 bits per heavy atom. The predicted molar refractivity (Wildman–Crippen MR) is 46.2 cm³/mol. The number of aromatic nitrogens is 2. The molecule has 2 N–H and O–H groups in total. The fourth-order valence-corrected chi connectivity index (χ4v) is 1.09. The van der Waals surface area contributed by atoms with Gasteiger partial charge in [0.2, 0.25) is 5.89 Å². The zero-order valence-corrected chi connectivity index (χ0v) is 7.37. The quantitative estimate of drug-likeness (QED) is 0.639. The summed E-state index contributed by atoms with van der Waals surface area (Å²) in [7, 11) is 0. The van der Waals surface area contributed by atoms with Crippen LogP contribution in [-0.4, -0.2) is 29.2 Å². The first-order chi connectivity index (χ1) is 6.34. The molecule has 6 nitrogen and oxygen atoms in total. The number of nitrogens with one attached hydrogen (secondary N) is 2. The molecule has 0 saturated heterocycles. The van der Waals surface area contributed by atoms with Gasteiger partial charge in [-0.3, -0.25) is 4.99 Å². The van der Waals surface area contributed by atoms with E-state index in [1.165, 1.54) is 0 Å². The highest BCUT2D eigenvalue weighted by Gasteiger charge is 2.06. The molecule has 0 aliphatic carbocycles. The second kappa shape index (κ2) is 3.42. The van der Waals surface area contributed by atoms with Gasteiger partial charge in [0.05, 0.1) is 13.1 Å². The molecule has 0 saturated carbocycles. The molecule has 0 bridgehead atoms. The van der Waals surface area contributed by atoms with Gasteiger partial charge < -0.3 is 15.2 Å². The summed E-state index contributed by atoms with van der Waals surface area (Å²) in [5, 5.41) is 9.81. The van der Waals surface area contributed by atoms with Crippen LogP contribution in [0.2, 0.25) is 0 Å². The van der Waals surface area contributed by atoms with Crippen molar-refractivity contribution in [2.45, 2.75) is 13.5 Å². The van der Waals surface area contributed by atoms with Gasteiger partial charge in [0, 0.05) is 6.54 Å². The van der Waals surface area contributed by atoms with Gasteiger partial charge in [0.15, 0.2) is 11.8 Å². The van der Waals surface area contributed by atoms with E-state index in [0.29, 0.717) is 18.3 Å². The molecule has 0 unspecified atom stereocenters. The molecule has 0 radical (unpaired) electrons. The average Bonchev–Trinajstić information content (AvgIpc) is 2.71. The van der Waals surface area contributed by atoms with Crippen molar-refractivity contribution in [3.05, 3.63) is 11.7 Å². The van der Waals surface area contributed by atoms with Crippen molar-refractivity contribution in [3.63, 3.8) is 0 Å². The van der Waals surface area contributed by atoms with Crippen LogP contribution in [0.25, 0.3) is 0 Å². The highest BCUT2D eigenvalue weighted by molar-refractivity contribution is 5.81. The molecule has 1 aliphatic rings. The Hall–Kier alpha value is -1.59. The number of hydrogen-bond donors (Lipinski definition) is 2. The molecule has 1 aromatic rings. The maximum atomic E-state index is 4.92. The fraction of sp³-hybridized carbons (Fsp3) is 0.571. The summed E-state index contributed by atoms with van der Waals surface area (Å²) in [4.78, 5) is 8.21. The predicted octanol–water partition coefficient (Wildman–Crippen LogP) is -0.573. The second-order valence-electron chi connectivity index (χ2n) is 2.75. The lowest BCUT2D eigenvalue weighted by Gasteiger charge is -2.01. The molecule has 70 valence electrons. The van der Waals surface area contributed by atoms with Crippen LogP contribution in [0.3, 0.4) is 0 Å². The SMILES string of the molecule is Cc1noc(CNC2=NCCN2)n1. The molecule has 0 spiro atoms. The standard InChI is InChI=1S/C7H11N5O/c1-5-11-6(13-12-5)4-10-7-8-2-3-9-7/h2-4H2,1H3,(H2,8,9,10). The highest BCUT2D eigenvalue weighted by atomic mass is 16.5. The Morgan fingerprint density at radius 2 is 2.54 bits per heavy atom. The molecule has 0 aromatic carbocycles. The number of rotatable bonds is 2. The topological polar surface area (TPSA) is 75.3 Å². The van der Waals surface area contributed by atoms with Crippen molar-refractivity contribution in [3.8, 4) is 0 Å². The number of aliphatic imine (C=N–C) groups is 1. The lowest BCUT2D eigenvalue weighted by Crippen LogP contribution is -2.33. The summed E-state index contributed by atoms with van der Waals surface area (Å²) >= 11 is 0. The summed E-state index contributed by atoms with van der Waals surface area (Å²) in [5.74, 6) is 2.03. The Labute approximate surface area is 75.4 Å². The van der Waals surface area contributed by atoms with Crippen LogP contribution < -0.4 is 10.6 Å². The van der Waals surface area contributed by atoms with Crippen molar-refractivity contribution in [1.29, 1.82) is 0 Å². The van der Waals surface area contributed by atoms with Crippen LogP contribution in [0.4, 0.5) is 0 Å². The van der Waals surface area contributed by atoms with Gasteiger partial charge in [0.1, 0.15) is 0 Å². The van der Waals surface area contributed by atoms with Crippen LogP contribution in [0.15, 0.2) is 9.52 Å². The van der Waals surface area contributed by atoms with E-state index in [1.54, 1.807) is 6.92 Å². The lowest BCUT2D eigenvalue weighted by molar-refractivity contribution is 0.371. The van der Waals surface area contributed by atoms with Gasteiger partial charge in [0.25, 0.3) is 0 Å². The van der Waals surface area contributed by atoms with Crippen molar-refractivity contribution in [2.24, 2.45) is 4.99 Å².